The minimum Gasteiger partial charge on any atom is -0.312 e. The van der Waals surface area contributed by atoms with E-state index in [1.807, 2.05) is 25.1 Å². The molecule has 0 amide bonds. The Morgan fingerprint density at radius 2 is 2.12 bits per heavy atom. The molecule has 0 unspecified atom stereocenters. The zero-order chi connectivity index (χ0) is 12.2. The normalized spacial score (nSPS) is 11.7. The van der Waals surface area contributed by atoms with E-state index in [1.54, 1.807) is 0 Å². The largest absolute Gasteiger partial charge is 0.312 e. The molecule has 0 bridgehead atoms. The number of primary sulfonamides is 1. The highest BCUT2D eigenvalue weighted by Gasteiger charge is 2.02. The maximum Gasteiger partial charge on any atom is 0.210 e. The van der Waals surface area contributed by atoms with Gasteiger partial charge in [-0.25, -0.2) is 13.6 Å². The van der Waals surface area contributed by atoms with Gasteiger partial charge in [0.1, 0.15) is 0 Å². The highest BCUT2D eigenvalue weighted by atomic mass is 79.9. The summed E-state index contributed by atoms with van der Waals surface area (Å²) in [6.07, 6.45) is 0. The SMILES string of the molecule is Cc1ccc(CNCCS(N)(=O)=O)cc1Br. The van der Waals surface area contributed by atoms with Gasteiger partial charge in [0.25, 0.3) is 0 Å². The van der Waals surface area contributed by atoms with Gasteiger partial charge in [-0.05, 0) is 24.1 Å². The van der Waals surface area contributed by atoms with E-state index < -0.39 is 10.0 Å². The van der Waals surface area contributed by atoms with Crippen LogP contribution >= 0.6 is 15.9 Å². The third-order valence-electron chi connectivity index (χ3n) is 2.13. The smallest absolute Gasteiger partial charge is 0.210 e. The summed E-state index contributed by atoms with van der Waals surface area (Å²) in [6, 6.07) is 6.03. The number of nitrogens with two attached hydrogens (primary N) is 1. The zero-order valence-corrected chi connectivity index (χ0v) is 11.4. The Morgan fingerprint density at radius 1 is 1.44 bits per heavy atom. The molecular formula is C10H15BrN2O2S. The van der Waals surface area contributed by atoms with E-state index in [4.69, 9.17) is 5.14 Å². The van der Waals surface area contributed by atoms with Crippen molar-refractivity contribution in [2.75, 3.05) is 12.3 Å². The van der Waals surface area contributed by atoms with Crippen molar-refractivity contribution < 1.29 is 8.42 Å². The number of aryl methyl sites for hydroxylation is 1. The van der Waals surface area contributed by atoms with E-state index >= 15 is 0 Å². The van der Waals surface area contributed by atoms with Crippen molar-refractivity contribution in [3.63, 3.8) is 0 Å². The minimum absolute atomic E-state index is 0.0416. The maximum absolute atomic E-state index is 10.7. The Hall–Kier alpha value is -0.430. The van der Waals surface area contributed by atoms with Crippen molar-refractivity contribution in [3.05, 3.63) is 33.8 Å². The molecule has 1 aromatic rings. The molecule has 0 heterocycles. The lowest BCUT2D eigenvalue weighted by molar-refractivity contribution is 0.592. The maximum atomic E-state index is 10.7. The second-order valence-corrected chi connectivity index (χ2v) is 6.22. The van der Waals surface area contributed by atoms with Crippen LogP contribution in [0.15, 0.2) is 22.7 Å². The topological polar surface area (TPSA) is 72.2 Å². The molecule has 0 aliphatic heterocycles. The molecule has 0 spiro atoms. The first-order chi connectivity index (χ1) is 7.38. The first kappa shape index (κ1) is 13.6. The lowest BCUT2D eigenvalue weighted by atomic mass is 10.1. The summed E-state index contributed by atoms with van der Waals surface area (Å²) in [5, 5.41) is 7.91. The van der Waals surface area contributed by atoms with Gasteiger partial charge in [-0.3, -0.25) is 0 Å². The molecule has 0 saturated heterocycles. The average molecular weight is 307 g/mol. The van der Waals surface area contributed by atoms with Crippen LogP contribution in [-0.2, 0) is 16.6 Å². The Balaban J connectivity index is 2.41. The summed E-state index contributed by atoms with van der Waals surface area (Å²) in [7, 11) is -3.37. The van der Waals surface area contributed by atoms with Crippen LogP contribution in [0.3, 0.4) is 0 Å². The predicted molar refractivity (Wildman–Crippen MR) is 68.6 cm³/mol. The number of hydrogen-bond acceptors (Lipinski definition) is 3. The van der Waals surface area contributed by atoms with Gasteiger partial charge in [-0.15, -0.1) is 0 Å². The quantitative estimate of drug-likeness (QED) is 0.801. The van der Waals surface area contributed by atoms with Crippen LogP contribution in [-0.4, -0.2) is 20.7 Å². The van der Waals surface area contributed by atoms with Crippen LogP contribution in [0.2, 0.25) is 0 Å². The molecule has 0 radical (unpaired) electrons. The molecule has 90 valence electrons. The number of hydrogen-bond donors (Lipinski definition) is 2. The Morgan fingerprint density at radius 3 is 2.69 bits per heavy atom. The standard InChI is InChI=1S/C10H15BrN2O2S/c1-8-2-3-9(6-10(8)11)7-13-4-5-16(12,14)15/h2-3,6,13H,4-5,7H2,1H3,(H2,12,14,15). The van der Waals surface area contributed by atoms with Crippen molar-refractivity contribution in [2.24, 2.45) is 5.14 Å². The molecule has 0 aliphatic rings. The number of sulfonamides is 1. The van der Waals surface area contributed by atoms with E-state index in [-0.39, 0.29) is 5.75 Å². The summed E-state index contributed by atoms with van der Waals surface area (Å²) < 4.78 is 22.4. The van der Waals surface area contributed by atoms with Gasteiger partial charge in [0.2, 0.25) is 10.0 Å². The van der Waals surface area contributed by atoms with Crippen LogP contribution in [0, 0.1) is 6.92 Å². The lowest BCUT2D eigenvalue weighted by Gasteiger charge is -2.06. The number of benzene rings is 1. The molecule has 0 fully saturated rings. The van der Waals surface area contributed by atoms with Crippen molar-refractivity contribution in [1.29, 1.82) is 0 Å². The molecule has 6 heteroatoms. The molecule has 0 aromatic heterocycles. The Bertz CT molecular complexity index is 460. The van der Waals surface area contributed by atoms with Crippen LogP contribution in [0.5, 0.6) is 0 Å². The van der Waals surface area contributed by atoms with Gasteiger partial charge >= 0.3 is 0 Å². The van der Waals surface area contributed by atoms with Gasteiger partial charge in [0.15, 0.2) is 0 Å². The zero-order valence-electron chi connectivity index (χ0n) is 9.03. The fourth-order valence-corrected chi connectivity index (χ4v) is 2.05. The number of halogens is 1. The van der Waals surface area contributed by atoms with Crippen LogP contribution in [0.4, 0.5) is 0 Å². The van der Waals surface area contributed by atoms with Gasteiger partial charge in [0.05, 0.1) is 5.75 Å². The van der Waals surface area contributed by atoms with E-state index in [0.29, 0.717) is 13.1 Å². The van der Waals surface area contributed by atoms with E-state index in [1.165, 1.54) is 5.56 Å². The lowest BCUT2D eigenvalue weighted by Crippen LogP contribution is -2.26. The molecule has 3 N–H and O–H groups in total. The monoisotopic (exact) mass is 306 g/mol. The first-order valence-electron chi connectivity index (χ1n) is 4.85. The van der Waals surface area contributed by atoms with E-state index in [0.717, 1.165) is 10.0 Å². The second kappa shape index (κ2) is 5.77. The number of rotatable bonds is 5. The first-order valence-corrected chi connectivity index (χ1v) is 7.35. The highest BCUT2D eigenvalue weighted by Crippen LogP contribution is 2.17. The van der Waals surface area contributed by atoms with Crippen molar-refractivity contribution >= 4 is 26.0 Å². The minimum atomic E-state index is -3.37. The van der Waals surface area contributed by atoms with Crippen molar-refractivity contribution in [3.8, 4) is 0 Å². The van der Waals surface area contributed by atoms with Gasteiger partial charge in [-0.2, -0.15) is 0 Å². The van der Waals surface area contributed by atoms with Gasteiger partial charge in [-0.1, -0.05) is 28.1 Å². The van der Waals surface area contributed by atoms with Crippen LogP contribution < -0.4 is 10.5 Å². The Kier molecular flexibility index (Phi) is 4.91. The third kappa shape index (κ3) is 5.07. The molecule has 0 aliphatic carbocycles. The molecule has 4 nitrogen and oxygen atoms in total. The van der Waals surface area contributed by atoms with Crippen molar-refractivity contribution in [2.45, 2.75) is 13.5 Å². The van der Waals surface area contributed by atoms with Gasteiger partial charge < -0.3 is 5.32 Å². The fourth-order valence-electron chi connectivity index (χ4n) is 1.19. The molecule has 0 atom stereocenters. The third-order valence-corrected chi connectivity index (χ3v) is 3.76. The summed E-state index contributed by atoms with van der Waals surface area (Å²) in [4.78, 5) is 0. The van der Waals surface area contributed by atoms with E-state index in [2.05, 4.69) is 21.2 Å². The van der Waals surface area contributed by atoms with E-state index in [9.17, 15) is 8.42 Å². The molecule has 0 saturated carbocycles. The summed E-state index contributed by atoms with van der Waals surface area (Å²) in [6.45, 7) is 3.01. The molecule has 1 rings (SSSR count). The van der Waals surface area contributed by atoms with Crippen LogP contribution in [0.25, 0.3) is 0 Å². The summed E-state index contributed by atoms with van der Waals surface area (Å²) >= 11 is 3.44. The highest BCUT2D eigenvalue weighted by molar-refractivity contribution is 9.10. The summed E-state index contributed by atoms with van der Waals surface area (Å²) in [5.41, 5.74) is 2.28. The second-order valence-electron chi connectivity index (χ2n) is 3.63. The number of nitrogens with one attached hydrogen (secondary N) is 1. The van der Waals surface area contributed by atoms with Crippen LogP contribution in [0.1, 0.15) is 11.1 Å². The molecular weight excluding hydrogens is 292 g/mol. The molecule has 1 aromatic carbocycles. The predicted octanol–water partition coefficient (Wildman–Crippen LogP) is 1.14. The average Bonchev–Trinajstić information content (AvgIpc) is 2.17. The molecule has 16 heavy (non-hydrogen) atoms. The van der Waals surface area contributed by atoms with Crippen molar-refractivity contribution in [1.82, 2.24) is 5.32 Å². The fraction of sp³-hybridized carbons (Fsp3) is 0.400. The Labute approximate surface area is 104 Å². The summed E-state index contributed by atoms with van der Waals surface area (Å²) in [5.74, 6) is -0.0416. The van der Waals surface area contributed by atoms with Gasteiger partial charge in [0, 0.05) is 17.6 Å².